The number of hydrogen-bond acceptors (Lipinski definition) is 4. The second-order valence-electron chi connectivity index (χ2n) is 2.01. The van der Waals surface area contributed by atoms with Gasteiger partial charge in [0.15, 0.2) is 0 Å². The van der Waals surface area contributed by atoms with E-state index in [0.717, 1.165) is 5.69 Å². The zero-order chi connectivity index (χ0) is 7.56. The van der Waals surface area contributed by atoms with E-state index in [2.05, 4.69) is 15.3 Å². The lowest BCUT2D eigenvalue weighted by Crippen LogP contribution is -2.00. The molecular weight excluding hydrogens is 128 g/mol. The first-order chi connectivity index (χ1) is 4.72. The summed E-state index contributed by atoms with van der Waals surface area (Å²) >= 11 is 0. The Kier molecular flexibility index (Phi) is 1.71. The number of nitrogens with one attached hydrogen (secondary N) is 1. The first-order valence-corrected chi connectivity index (χ1v) is 3.01. The van der Waals surface area contributed by atoms with E-state index in [0.29, 0.717) is 11.8 Å². The Bertz CT molecular complexity index is 213. The first-order valence-electron chi connectivity index (χ1n) is 3.01. The number of aryl methyl sites for hydroxylation is 1. The van der Waals surface area contributed by atoms with Gasteiger partial charge in [-0.05, 0) is 6.92 Å². The predicted octanol–water partition coefficient (Wildman–Crippen LogP) is 0.409. The van der Waals surface area contributed by atoms with Crippen molar-refractivity contribution in [3.05, 3.63) is 11.8 Å². The van der Waals surface area contributed by atoms with Gasteiger partial charge in [-0.3, -0.25) is 0 Å². The minimum Gasteiger partial charge on any atom is -0.384 e. The summed E-state index contributed by atoms with van der Waals surface area (Å²) < 4.78 is 0. The highest BCUT2D eigenvalue weighted by Crippen LogP contribution is 2.03. The van der Waals surface area contributed by atoms with Crippen molar-refractivity contribution in [1.82, 2.24) is 9.97 Å². The molecule has 0 aliphatic rings. The van der Waals surface area contributed by atoms with Crippen LogP contribution in [0.15, 0.2) is 6.07 Å². The van der Waals surface area contributed by atoms with Crippen LogP contribution in [-0.4, -0.2) is 17.0 Å². The number of aromatic nitrogens is 2. The molecule has 0 bridgehead atoms. The lowest BCUT2D eigenvalue weighted by Gasteiger charge is -1.99. The summed E-state index contributed by atoms with van der Waals surface area (Å²) in [7, 11) is 1.76. The van der Waals surface area contributed by atoms with Gasteiger partial charge >= 0.3 is 0 Å². The quantitative estimate of drug-likeness (QED) is 0.590. The maximum atomic E-state index is 5.44. The van der Waals surface area contributed by atoms with Crippen molar-refractivity contribution in [3.8, 4) is 0 Å². The first kappa shape index (κ1) is 6.80. The molecule has 1 rings (SSSR count). The van der Waals surface area contributed by atoms with Crippen molar-refractivity contribution >= 4 is 11.8 Å². The van der Waals surface area contributed by atoms with Gasteiger partial charge in [0.05, 0.1) is 0 Å². The lowest BCUT2D eigenvalue weighted by molar-refractivity contribution is 1.10. The second kappa shape index (κ2) is 2.51. The molecular formula is C6H10N4. The SMILES string of the molecule is CNc1nc(C)cc(N)n1. The Labute approximate surface area is 59.5 Å². The van der Waals surface area contributed by atoms with Crippen LogP contribution in [0, 0.1) is 6.92 Å². The van der Waals surface area contributed by atoms with Crippen molar-refractivity contribution in [2.24, 2.45) is 0 Å². The van der Waals surface area contributed by atoms with Gasteiger partial charge in [0.2, 0.25) is 5.95 Å². The molecule has 0 aliphatic carbocycles. The Morgan fingerprint density at radius 3 is 2.70 bits per heavy atom. The smallest absolute Gasteiger partial charge is 0.224 e. The van der Waals surface area contributed by atoms with Crippen molar-refractivity contribution in [3.63, 3.8) is 0 Å². The maximum Gasteiger partial charge on any atom is 0.224 e. The summed E-state index contributed by atoms with van der Waals surface area (Å²) in [5.41, 5.74) is 6.32. The van der Waals surface area contributed by atoms with E-state index in [1.54, 1.807) is 13.1 Å². The molecule has 3 N–H and O–H groups in total. The largest absolute Gasteiger partial charge is 0.384 e. The molecule has 54 valence electrons. The third-order valence-electron chi connectivity index (χ3n) is 1.10. The van der Waals surface area contributed by atoms with Gasteiger partial charge in [-0.1, -0.05) is 0 Å². The number of nitrogen functional groups attached to an aromatic ring is 1. The highest BCUT2D eigenvalue weighted by Gasteiger charge is 1.94. The molecule has 0 unspecified atom stereocenters. The van der Waals surface area contributed by atoms with Crippen molar-refractivity contribution in [2.75, 3.05) is 18.1 Å². The minimum absolute atomic E-state index is 0.497. The summed E-state index contributed by atoms with van der Waals surface area (Å²) in [5.74, 6) is 1.06. The van der Waals surface area contributed by atoms with Crippen LogP contribution in [0.1, 0.15) is 5.69 Å². The Hall–Kier alpha value is -1.32. The molecule has 4 nitrogen and oxygen atoms in total. The molecule has 4 heteroatoms. The van der Waals surface area contributed by atoms with Gasteiger partial charge < -0.3 is 11.1 Å². The highest BCUT2D eigenvalue weighted by molar-refractivity contribution is 5.37. The van der Waals surface area contributed by atoms with Crippen LogP contribution in [0.4, 0.5) is 11.8 Å². The van der Waals surface area contributed by atoms with Gasteiger partial charge in [0.1, 0.15) is 5.82 Å². The van der Waals surface area contributed by atoms with Crippen LogP contribution < -0.4 is 11.1 Å². The van der Waals surface area contributed by atoms with E-state index in [9.17, 15) is 0 Å². The Balaban J connectivity index is 3.06. The van der Waals surface area contributed by atoms with Crippen molar-refractivity contribution < 1.29 is 0 Å². The predicted molar refractivity (Wildman–Crippen MR) is 40.7 cm³/mol. The lowest BCUT2D eigenvalue weighted by atomic mass is 10.4. The molecule has 0 radical (unpaired) electrons. The number of nitrogens with zero attached hydrogens (tertiary/aromatic N) is 2. The van der Waals surface area contributed by atoms with E-state index in [-0.39, 0.29) is 0 Å². The minimum atomic E-state index is 0.497. The van der Waals surface area contributed by atoms with Gasteiger partial charge in [0, 0.05) is 18.8 Å². The van der Waals surface area contributed by atoms with Gasteiger partial charge in [-0.15, -0.1) is 0 Å². The second-order valence-corrected chi connectivity index (χ2v) is 2.01. The summed E-state index contributed by atoms with van der Waals surface area (Å²) in [6.07, 6.45) is 0. The van der Waals surface area contributed by atoms with Crippen LogP contribution in [0.3, 0.4) is 0 Å². The van der Waals surface area contributed by atoms with Gasteiger partial charge in [0.25, 0.3) is 0 Å². The third-order valence-corrected chi connectivity index (χ3v) is 1.10. The molecule has 0 spiro atoms. The zero-order valence-corrected chi connectivity index (χ0v) is 6.05. The van der Waals surface area contributed by atoms with Crippen LogP contribution >= 0.6 is 0 Å². The molecule has 0 amide bonds. The van der Waals surface area contributed by atoms with Crippen LogP contribution in [0.5, 0.6) is 0 Å². The summed E-state index contributed by atoms with van der Waals surface area (Å²) in [5, 5.41) is 2.81. The fraction of sp³-hybridized carbons (Fsp3) is 0.333. The molecule has 0 saturated carbocycles. The summed E-state index contributed by atoms with van der Waals surface area (Å²) in [6.45, 7) is 1.87. The van der Waals surface area contributed by atoms with Crippen molar-refractivity contribution in [2.45, 2.75) is 6.92 Å². The highest BCUT2D eigenvalue weighted by atomic mass is 15.1. The zero-order valence-electron chi connectivity index (χ0n) is 6.05. The Morgan fingerprint density at radius 1 is 1.50 bits per heavy atom. The number of hydrogen-bond donors (Lipinski definition) is 2. The van der Waals surface area contributed by atoms with Gasteiger partial charge in [-0.2, -0.15) is 4.98 Å². The molecule has 0 fully saturated rings. The molecule has 0 saturated heterocycles. The third kappa shape index (κ3) is 1.34. The standard InChI is InChI=1S/C6H10N4/c1-4-3-5(7)10-6(8-2)9-4/h3H,1-2H3,(H3,7,8,9,10). The molecule has 10 heavy (non-hydrogen) atoms. The number of rotatable bonds is 1. The molecule has 1 aromatic heterocycles. The average molecular weight is 138 g/mol. The van der Waals surface area contributed by atoms with E-state index < -0.39 is 0 Å². The fourth-order valence-electron chi connectivity index (χ4n) is 0.705. The van der Waals surface area contributed by atoms with Crippen LogP contribution in [0.25, 0.3) is 0 Å². The van der Waals surface area contributed by atoms with Crippen LogP contribution in [-0.2, 0) is 0 Å². The average Bonchev–Trinajstić information content (AvgIpc) is 1.85. The fourth-order valence-corrected chi connectivity index (χ4v) is 0.705. The topological polar surface area (TPSA) is 63.8 Å². The molecule has 1 heterocycles. The van der Waals surface area contributed by atoms with E-state index in [1.165, 1.54) is 0 Å². The number of nitrogens with two attached hydrogens (primary N) is 1. The van der Waals surface area contributed by atoms with Crippen LogP contribution in [0.2, 0.25) is 0 Å². The van der Waals surface area contributed by atoms with Crippen molar-refractivity contribution in [1.29, 1.82) is 0 Å². The molecule has 1 aromatic rings. The van der Waals surface area contributed by atoms with E-state index in [4.69, 9.17) is 5.73 Å². The molecule has 0 aromatic carbocycles. The van der Waals surface area contributed by atoms with E-state index >= 15 is 0 Å². The maximum absolute atomic E-state index is 5.44. The Morgan fingerprint density at radius 2 is 2.20 bits per heavy atom. The summed E-state index contributed by atoms with van der Waals surface area (Å²) in [6, 6.07) is 1.72. The monoisotopic (exact) mass is 138 g/mol. The normalized spacial score (nSPS) is 9.40. The molecule has 0 atom stereocenters. The summed E-state index contributed by atoms with van der Waals surface area (Å²) in [4.78, 5) is 7.96. The number of anilines is 2. The van der Waals surface area contributed by atoms with E-state index in [1.807, 2.05) is 6.92 Å². The molecule has 0 aliphatic heterocycles. The van der Waals surface area contributed by atoms with Gasteiger partial charge in [-0.25, -0.2) is 4.98 Å².